The molecule has 0 radical (unpaired) electrons. The van der Waals surface area contributed by atoms with Crippen LogP contribution in [0.4, 0.5) is 0 Å². The first-order valence-electron chi connectivity index (χ1n) is 7.47. The highest BCUT2D eigenvalue weighted by atomic mass is 16.5. The maximum atomic E-state index is 11.8. The molecule has 2 aromatic carbocycles. The molecular weight excluding hydrogens is 286 g/mol. The summed E-state index contributed by atoms with van der Waals surface area (Å²) in [6.07, 6.45) is 3.08. The van der Waals surface area contributed by atoms with Crippen LogP contribution < -0.4 is 0 Å². The summed E-state index contributed by atoms with van der Waals surface area (Å²) in [5.41, 5.74) is 3.79. The van der Waals surface area contributed by atoms with Gasteiger partial charge < -0.3 is 4.74 Å². The van der Waals surface area contributed by atoms with Crippen molar-refractivity contribution < 1.29 is 9.53 Å². The van der Waals surface area contributed by atoms with E-state index in [1.165, 1.54) is 11.6 Å². The Hall–Kier alpha value is -2.94. The monoisotopic (exact) mass is 303 g/mol. The van der Waals surface area contributed by atoms with Crippen molar-refractivity contribution in [3.05, 3.63) is 83.6 Å². The second-order valence-electron chi connectivity index (χ2n) is 5.36. The van der Waals surface area contributed by atoms with Crippen LogP contribution in [0.3, 0.4) is 0 Å². The molecule has 1 heterocycles. The molecule has 0 aliphatic rings. The lowest BCUT2D eigenvalue weighted by molar-refractivity contribution is -0.138. The minimum atomic E-state index is -0.375. The Balaban J connectivity index is 1.61. The van der Waals surface area contributed by atoms with E-state index in [1.807, 2.05) is 67.6 Å². The summed E-state index contributed by atoms with van der Waals surface area (Å²) in [7, 11) is 0. The van der Waals surface area contributed by atoms with Crippen LogP contribution in [0.25, 0.3) is 17.0 Å². The van der Waals surface area contributed by atoms with Gasteiger partial charge in [0, 0.05) is 11.5 Å². The fourth-order valence-electron chi connectivity index (χ4n) is 2.21. The molecule has 3 heteroatoms. The standard InChI is InChI=1S/C20H17NO2/c1-15-6-8-16(9-7-15)14-23-20(22)13-12-18-11-10-17-4-2-3-5-19(17)21-18/h2-13H,14H2,1H3/b13-12+. The Labute approximate surface area is 135 Å². The van der Waals surface area contributed by atoms with Crippen molar-refractivity contribution in [2.24, 2.45) is 0 Å². The van der Waals surface area contributed by atoms with Gasteiger partial charge in [-0.15, -0.1) is 0 Å². The number of aryl methyl sites for hydroxylation is 1. The van der Waals surface area contributed by atoms with E-state index in [9.17, 15) is 4.79 Å². The molecule has 0 aliphatic heterocycles. The summed E-state index contributed by atoms with van der Waals surface area (Å²) in [4.78, 5) is 16.3. The van der Waals surface area contributed by atoms with E-state index < -0.39 is 0 Å². The number of nitrogens with zero attached hydrogens (tertiary/aromatic N) is 1. The molecule has 0 spiro atoms. The molecule has 23 heavy (non-hydrogen) atoms. The van der Waals surface area contributed by atoms with E-state index >= 15 is 0 Å². The van der Waals surface area contributed by atoms with Gasteiger partial charge in [-0.3, -0.25) is 0 Å². The smallest absolute Gasteiger partial charge is 0.331 e. The third-order valence-corrected chi connectivity index (χ3v) is 3.51. The predicted molar refractivity (Wildman–Crippen MR) is 91.8 cm³/mol. The van der Waals surface area contributed by atoms with Gasteiger partial charge in [-0.1, -0.05) is 54.1 Å². The second-order valence-corrected chi connectivity index (χ2v) is 5.36. The van der Waals surface area contributed by atoms with Crippen LogP contribution in [-0.4, -0.2) is 11.0 Å². The average molecular weight is 303 g/mol. The molecule has 0 aliphatic carbocycles. The van der Waals surface area contributed by atoms with Gasteiger partial charge >= 0.3 is 5.97 Å². The van der Waals surface area contributed by atoms with Gasteiger partial charge in [0.25, 0.3) is 0 Å². The van der Waals surface area contributed by atoms with Gasteiger partial charge in [0.1, 0.15) is 6.61 Å². The molecule has 0 bridgehead atoms. The van der Waals surface area contributed by atoms with E-state index in [1.54, 1.807) is 6.08 Å². The first-order valence-corrected chi connectivity index (χ1v) is 7.47. The maximum Gasteiger partial charge on any atom is 0.331 e. The van der Waals surface area contributed by atoms with Crippen LogP contribution in [0.1, 0.15) is 16.8 Å². The quantitative estimate of drug-likeness (QED) is 0.533. The Bertz CT molecular complexity index is 851. The van der Waals surface area contributed by atoms with Gasteiger partial charge in [0.2, 0.25) is 0 Å². The first kappa shape index (κ1) is 15.0. The lowest BCUT2D eigenvalue weighted by Gasteiger charge is -2.02. The Kier molecular flexibility index (Phi) is 4.48. The van der Waals surface area contributed by atoms with Crippen molar-refractivity contribution in [3.63, 3.8) is 0 Å². The molecule has 0 saturated heterocycles. The molecule has 0 N–H and O–H groups in total. The van der Waals surface area contributed by atoms with Gasteiger partial charge in [-0.25, -0.2) is 9.78 Å². The Morgan fingerprint density at radius 2 is 1.83 bits per heavy atom. The van der Waals surface area contributed by atoms with E-state index in [4.69, 9.17) is 4.74 Å². The Morgan fingerprint density at radius 1 is 1.04 bits per heavy atom. The molecule has 0 atom stereocenters. The third kappa shape index (κ3) is 4.04. The van der Waals surface area contributed by atoms with Gasteiger partial charge in [0.05, 0.1) is 11.2 Å². The fourth-order valence-corrected chi connectivity index (χ4v) is 2.21. The average Bonchev–Trinajstić information content (AvgIpc) is 2.59. The van der Waals surface area contributed by atoms with E-state index in [0.29, 0.717) is 0 Å². The largest absolute Gasteiger partial charge is 0.458 e. The van der Waals surface area contributed by atoms with Crippen LogP contribution in [0.15, 0.2) is 66.7 Å². The van der Waals surface area contributed by atoms with Crippen molar-refractivity contribution in [2.45, 2.75) is 13.5 Å². The lowest BCUT2D eigenvalue weighted by atomic mass is 10.2. The highest BCUT2D eigenvalue weighted by Crippen LogP contribution is 2.12. The molecular formula is C20H17NO2. The number of rotatable bonds is 4. The van der Waals surface area contributed by atoms with E-state index in [-0.39, 0.29) is 12.6 Å². The summed E-state index contributed by atoms with van der Waals surface area (Å²) in [5.74, 6) is -0.375. The summed E-state index contributed by atoms with van der Waals surface area (Å²) >= 11 is 0. The molecule has 0 fully saturated rings. The predicted octanol–water partition coefficient (Wildman–Crippen LogP) is 4.30. The number of benzene rings is 2. The summed E-state index contributed by atoms with van der Waals surface area (Å²) < 4.78 is 5.22. The molecule has 3 nitrogen and oxygen atoms in total. The molecule has 114 valence electrons. The third-order valence-electron chi connectivity index (χ3n) is 3.51. The molecule has 0 unspecified atom stereocenters. The van der Waals surface area contributed by atoms with Gasteiger partial charge in [0.15, 0.2) is 0 Å². The minimum absolute atomic E-state index is 0.272. The van der Waals surface area contributed by atoms with Crippen molar-refractivity contribution in [2.75, 3.05) is 0 Å². The number of esters is 1. The summed E-state index contributed by atoms with van der Waals surface area (Å²) in [6, 6.07) is 19.6. The van der Waals surface area contributed by atoms with Gasteiger partial charge in [-0.2, -0.15) is 0 Å². The molecule has 3 rings (SSSR count). The summed E-state index contributed by atoms with van der Waals surface area (Å²) in [5, 5.41) is 1.08. The number of fused-ring (bicyclic) bond motifs is 1. The zero-order chi connectivity index (χ0) is 16.1. The van der Waals surface area contributed by atoms with Crippen LogP contribution in [0.5, 0.6) is 0 Å². The number of aromatic nitrogens is 1. The van der Waals surface area contributed by atoms with Crippen molar-refractivity contribution in [1.82, 2.24) is 4.98 Å². The number of carbonyl (C=O) groups excluding carboxylic acids is 1. The molecule has 0 amide bonds. The lowest BCUT2D eigenvalue weighted by Crippen LogP contribution is -2.00. The second kappa shape index (κ2) is 6.88. The number of para-hydroxylation sites is 1. The zero-order valence-corrected chi connectivity index (χ0v) is 12.9. The van der Waals surface area contributed by atoms with Crippen molar-refractivity contribution in [1.29, 1.82) is 0 Å². The Morgan fingerprint density at radius 3 is 2.65 bits per heavy atom. The van der Waals surface area contributed by atoms with Gasteiger partial charge in [-0.05, 0) is 30.7 Å². The highest BCUT2D eigenvalue weighted by molar-refractivity contribution is 5.87. The van der Waals surface area contributed by atoms with Crippen molar-refractivity contribution in [3.8, 4) is 0 Å². The molecule has 3 aromatic rings. The number of hydrogen-bond donors (Lipinski definition) is 0. The topological polar surface area (TPSA) is 39.2 Å². The number of ether oxygens (including phenoxy) is 1. The van der Waals surface area contributed by atoms with Crippen LogP contribution in [0, 0.1) is 6.92 Å². The van der Waals surface area contributed by atoms with Crippen molar-refractivity contribution >= 4 is 22.9 Å². The maximum absolute atomic E-state index is 11.8. The van der Waals surface area contributed by atoms with E-state index in [0.717, 1.165) is 22.2 Å². The number of hydrogen-bond acceptors (Lipinski definition) is 3. The fraction of sp³-hybridized carbons (Fsp3) is 0.100. The van der Waals surface area contributed by atoms with E-state index in [2.05, 4.69) is 4.98 Å². The summed E-state index contributed by atoms with van der Waals surface area (Å²) in [6.45, 7) is 2.30. The number of carbonyl (C=O) groups is 1. The van der Waals surface area contributed by atoms with Crippen LogP contribution in [-0.2, 0) is 16.1 Å². The van der Waals surface area contributed by atoms with Crippen LogP contribution >= 0.6 is 0 Å². The minimum Gasteiger partial charge on any atom is -0.458 e. The SMILES string of the molecule is Cc1ccc(COC(=O)/C=C/c2ccc3ccccc3n2)cc1. The number of pyridine rings is 1. The molecule has 0 saturated carbocycles. The molecule has 1 aromatic heterocycles. The first-order chi connectivity index (χ1) is 11.2. The zero-order valence-electron chi connectivity index (χ0n) is 12.9. The normalized spacial score (nSPS) is 11.0. The highest BCUT2D eigenvalue weighted by Gasteiger charge is 2.00. The van der Waals surface area contributed by atoms with Crippen LogP contribution in [0.2, 0.25) is 0 Å².